The standard InChI is InChI=1S/C14H25N5O/c1-10-6-7-19(9-12(10)15)14-16-13(17-18-14)5-4-11-3-2-8-20-11/h10-12H,2-9,15H2,1H3,(H,16,17,18). The molecule has 0 saturated carbocycles. The largest absolute Gasteiger partial charge is 0.378 e. The van der Waals surface area contributed by atoms with E-state index in [1.807, 2.05) is 0 Å². The molecule has 0 bridgehead atoms. The van der Waals surface area contributed by atoms with Crippen LogP contribution in [0.2, 0.25) is 0 Å². The van der Waals surface area contributed by atoms with Crippen LogP contribution in [0.25, 0.3) is 0 Å². The van der Waals surface area contributed by atoms with E-state index in [0.29, 0.717) is 12.0 Å². The van der Waals surface area contributed by atoms with Gasteiger partial charge in [-0.2, -0.15) is 4.98 Å². The molecule has 2 fully saturated rings. The average molecular weight is 279 g/mol. The molecule has 6 heteroatoms. The quantitative estimate of drug-likeness (QED) is 0.862. The van der Waals surface area contributed by atoms with Crippen molar-refractivity contribution in [2.75, 3.05) is 24.6 Å². The van der Waals surface area contributed by atoms with Gasteiger partial charge in [-0.1, -0.05) is 6.92 Å². The van der Waals surface area contributed by atoms with Crippen LogP contribution in [-0.2, 0) is 11.2 Å². The predicted octanol–water partition coefficient (Wildman–Crippen LogP) is 1.09. The molecule has 0 spiro atoms. The molecule has 112 valence electrons. The smallest absolute Gasteiger partial charge is 0.244 e. The van der Waals surface area contributed by atoms with E-state index in [0.717, 1.165) is 50.7 Å². The monoisotopic (exact) mass is 279 g/mol. The molecule has 3 rings (SSSR count). The second-order valence-electron chi connectivity index (χ2n) is 6.13. The Bertz CT molecular complexity index is 429. The summed E-state index contributed by atoms with van der Waals surface area (Å²) in [5.41, 5.74) is 6.13. The van der Waals surface area contributed by atoms with E-state index in [4.69, 9.17) is 10.5 Å². The summed E-state index contributed by atoms with van der Waals surface area (Å²) in [5.74, 6) is 2.35. The number of rotatable bonds is 4. The molecule has 0 radical (unpaired) electrons. The fraction of sp³-hybridized carbons (Fsp3) is 0.857. The summed E-state index contributed by atoms with van der Waals surface area (Å²) in [6.07, 6.45) is 5.84. The van der Waals surface area contributed by atoms with Gasteiger partial charge in [-0.3, -0.25) is 5.10 Å². The lowest BCUT2D eigenvalue weighted by molar-refractivity contribution is 0.104. The van der Waals surface area contributed by atoms with Gasteiger partial charge in [-0.25, -0.2) is 0 Å². The van der Waals surface area contributed by atoms with Gasteiger partial charge < -0.3 is 15.4 Å². The second kappa shape index (κ2) is 6.10. The van der Waals surface area contributed by atoms with Crippen LogP contribution < -0.4 is 10.6 Å². The first kappa shape index (κ1) is 13.8. The normalized spacial score (nSPS) is 30.9. The summed E-state index contributed by atoms with van der Waals surface area (Å²) < 4.78 is 5.63. The third-order valence-electron chi connectivity index (χ3n) is 4.55. The number of aryl methyl sites for hydroxylation is 1. The minimum atomic E-state index is 0.220. The van der Waals surface area contributed by atoms with E-state index in [1.54, 1.807) is 0 Å². The maximum absolute atomic E-state index is 6.13. The van der Waals surface area contributed by atoms with E-state index in [1.165, 1.54) is 12.8 Å². The number of nitrogens with zero attached hydrogens (tertiary/aromatic N) is 3. The van der Waals surface area contributed by atoms with Crippen LogP contribution in [0, 0.1) is 5.92 Å². The maximum Gasteiger partial charge on any atom is 0.244 e. The fourth-order valence-electron chi connectivity index (χ4n) is 2.99. The number of H-pyrrole nitrogens is 1. The number of hydrogen-bond donors (Lipinski definition) is 2. The third kappa shape index (κ3) is 3.12. The molecule has 3 unspecified atom stereocenters. The highest BCUT2D eigenvalue weighted by atomic mass is 16.5. The molecule has 1 aromatic rings. The van der Waals surface area contributed by atoms with Gasteiger partial charge in [0.1, 0.15) is 5.82 Å². The van der Waals surface area contributed by atoms with E-state index in [2.05, 4.69) is 27.0 Å². The van der Waals surface area contributed by atoms with Gasteiger partial charge in [0.15, 0.2) is 0 Å². The topological polar surface area (TPSA) is 80.1 Å². The molecule has 0 aliphatic carbocycles. The van der Waals surface area contributed by atoms with Gasteiger partial charge in [0.2, 0.25) is 5.95 Å². The summed E-state index contributed by atoms with van der Waals surface area (Å²) in [6, 6.07) is 0.220. The molecule has 2 saturated heterocycles. The first-order valence-electron chi connectivity index (χ1n) is 7.76. The SMILES string of the molecule is CC1CCN(c2n[nH]c(CCC3CCCO3)n2)CC1N. The Balaban J connectivity index is 1.53. The average Bonchev–Trinajstić information content (AvgIpc) is 3.10. The van der Waals surface area contributed by atoms with Crippen LogP contribution in [0.1, 0.15) is 38.4 Å². The highest BCUT2D eigenvalue weighted by Crippen LogP contribution is 2.20. The lowest BCUT2D eigenvalue weighted by Crippen LogP contribution is -2.48. The van der Waals surface area contributed by atoms with Gasteiger partial charge in [0.25, 0.3) is 0 Å². The number of aromatic nitrogens is 3. The highest BCUT2D eigenvalue weighted by Gasteiger charge is 2.25. The zero-order valence-corrected chi connectivity index (χ0v) is 12.2. The van der Waals surface area contributed by atoms with Crippen molar-refractivity contribution in [1.29, 1.82) is 0 Å². The Morgan fingerprint density at radius 1 is 1.45 bits per heavy atom. The van der Waals surface area contributed by atoms with Crippen molar-refractivity contribution in [2.45, 2.75) is 51.2 Å². The third-order valence-corrected chi connectivity index (χ3v) is 4.55. The van der Waals surface area contributed by atoms with Crippen molar-refractivity contribution in [1.82, 2.24) is 15.2 Å². The Kier molecular flexibility index (Phi) is 4.21. The van der Waals surface area contributed by atoms with E-state index in [-0.39, 0.29) is 6.04 Å². The molecule has 0 aromatic carbocycles. The fourth-order valence-corrected chi connectivity index (χ4v) is 2.99. The summed E-state index contributed by atoms with van der Waals surface area (Å²) >= 11 is 0. The number of piperidine rings is 1. The van der Waals surface area contributed by atoms with Gasteiger partial charge in [-0.15, -0.1) is 5.10 Å². The van der Waals surface area contributed by atoms with Crippen molar-refractivity contribution in [3.8, 4) is 0 Å². The molecule has 2 aliphatic rings. The number of nitrogens with one attached hydrogen (secondary N) is 1. The number of anilines is 1. The number of aromatic amines is 1. The highest BCUT2D eigenvalue weighted by molar-refractivity contribution is 5.30. The second-order valence-corrected chi connectivity index (χ2v) is 6.13. The zero-order valence-electron chi connectivity index (χ0n) is 12.2. The van der Waals surface area contributed by atoms with Crippen LogP contribution in [0.3, 0.4) is 0 Å². The van der Waals surface area contributed by atoms with Crippen LogP contribution in [0.4, 0.5) is 5.95 Å². The Labute approximate surface area is 120 Å². The molecule has 20 heavy (non-hydrogen) atoms. The Hall–Kier alpha value is -1.14. The molecule has 3 N–H and O–H groups in total. The van der Waals surface area contributed by atoms with E-state index < -0.39 is 0 Å². The predicted molar refractivity (Wildman–Crippen MR) is 77.6 cm³/mol. The lowest BCUT2D eigenvalue weighted by atomic mass is 9.95. The number of ether oxygens (including phenoxy) is 1. The van der Waals surface area contributed by atoms with E-state index >= 15 is 0 Å². The molecule has 3 atom stereocenters. The van der Waals surface area contributed by atoms with Gasteiger partial charge in [0, 0.05) is 32.2 Å². The molecule has 6 nitrogen and oxygen atoms in total. The summed E-state index contributed by atoms with van der Waals surface area (Å²) in [6.45, 7) is 4.98. The summed E-state index contributed by atoms with van der Waals surface area (Å²) in [5, 5.41) is 7.39. The van der Waals surface area contributed by atoms with Crippen LogP contribution in [0.15, 0.2) is 0 Å². The van der Waals surface area contributed by atoms with Crippen LogP contribution in [-0.4, -0.2) is 47.0 Å². The van der Waals surface area contributed by atoms with Crippen LogP contribution >= 0.6 is 0 Å². The molecular formula is C14H25N5O. The number of hydrogen-bond acceptors (Lipinski definition) is 5. The zero-order chi connectivity index (χ0) is 13.9. The maximum atomic E-state index is 6.13. The minimum absolute atomic E-state index is 0.220. The van der Waals surface area contributed by atoms with Crippen LogP contribution in [0.5, 0.6) is 0 Å². The summed E-state index contributed by atoms with van der Waals surface area (Å²) in [4.78, 5) is 6.79. The number of nitrogens with two attached hydrogens (primary N) is 1. The Morgan fingerprint density at radius 2 is 2.35 bits per heavy atom. The molecule has 0 amide bonds. The van der Waals surface area contributed by atoms with Crippen molar-refractivity contribution in [3.63, 3.8) is 0 Å². The molecular weight excluding hydrogens is 254 g/mol. The first-order valence-corrected chi connectivity index (χ1v) is 7.76. The van der Waals surface area contributed by atoms with Crippen molar-refractivity contribution < 1.29 is 4.74 Å². The summed E-state index contributed by atoms with van der Waals surface area (Å²) in [7, 11) is 0. The molecule has 1 aromatic heterocycles. The van der Waals surface area contributed by atoms with Crippen molar-refractivity contribution >= 4 is 5.95 Å². The Morgan fingerprint density at radius 3 is 3.10 bits per heavy atom. The van der Waals surface area contributed by atoms with Gasteiger partial charge in [-0.05, 0) is 31.6 Å². The van der Waals surface area contributed by atoms with Crippen molar-refractivity contribution in [2.24, 2.45) is 11.7 Å². The van der Waals surface area contributed by atoms with Gasteiger partial charge >= 0.3 is 0 Å². The van der Waals surface area contributed by atoms with Crippen molar-refractivity contribution in [3.05, 3.63) is 5.82 Å². The lowest BCUT2D eigenvalue weighted by Gasteiger charge is -2.34. The first-order chi connectivity index (χ1) is 9.72. The van der Waals surface area contributed by atoms with E-state index in [9.17, 15) is 0 Å². The van der Waals surface area contributed by atoms with Gasteiger partial charge in [0.05, 0.1) is 6.10 Å². The molecule has 3 heterocycles. The minimum Gasteiger partial charge on any atom is -0.378 e. The molecule has 2 aliphatic heterocycles.